The van der Waals surface area contributed by atoms with Crippen LogP contribution in [0.2, 0.25) is 0 Å². The monoisotopic (exact) mass is 343 g/mol. The van der Waals surface area contributed by atoms with E-state index in [4.69, 9.17) is 4.74 Å². The zero-order chi connectivity index (χ0) is 17.8. The van der Waals surface area contributed by atoms with Gasteiger partial charge in [0.1, 0.15) is 0 Å². The molecule has 3 rings (SSSR count). The summed E-state index contributed by atoms with van der Waals surface area (Å²) in [4.78, 5) is 23.5. The molecule has 0 radical (unpaired) electrons. The van der Waals surface area contributed by atoms with Crippen molar-refractivity contribution >= 4 is 11.9 Å². The number of hydrogen-bond acceptors (Lipinski definition) is 3. The van der Waals surface area contributed by atoms with Gasteiger partial charge in [0.05, 0.1) is 18.2 Å². The third kappa shape index (κ3) is 3.79. The van der Waals surface area contributed by atoms with Crippen molar-refractivity contribution in [3.05, 3.63) is 65.0 Å². The summed E-state index contributed by atoms with van der Waals surface area (Å²) in [6.45, 7) is 0.334. The summed E-state index contributed by atoms with van der Waals surface area (Å²) < 4.78 is 19.1. The molecule has 0 bridgehead atoms. The molecule has 0 aliphatic carbocycles. The van der Waals surface area contributed by atoms with Crippen molar-refractivity contribution in [1.82, 2.24) is 5.32 Å². The van der Waals surface area contributed by atoms with Gasteiger partial charge in [0.25, 0.3) is 0 Å². The second kappa shape index (κ2) is 7.34. The van der Waals surface area contributed by atoms with E-state index in [1.54, 1.807) is 30.3 Å². The van der Waals surface area contributed by atoms with Gasteiger partial charge in [0.2, 0.25) is 5.91 Å². The molecule has 1 amide bonds. The standard InChI is InChI=1S/C19H18FNO4/c20-15-7-3-6-14-16(10-11-25-18(14)15)21-17(22)9-8-12-4-1-2-5-13(12)19(23)24/h1-7,16H,8-11H2,(H,21,22)(H,23,24)/t16-/m0/s1. The molecule has 2 N–H and O–H groups in total. The summed E-state index contributed by atoms with van der Waals surface area (Å²) in [5.74, 6) is -1.46. The number of carbonyl (C=O) groups excluding carboxylic acids is 1. The van der Waals surface area contributed by atoms with Crippen molar-refractivity contribution in [1.29, 1.82) is 0 Å². The number of halogens is 1. The molecule has 6 heteroatoms. The van der Waals surface area contributed by atoms with Crippen LogP contribution in [0.25, 0.3) is 0 Å². The first-order chi connectivity index (χ1) is 12.1. The van der Waals surface area contributed by atoms with E-state index in [1.807, 2.05) is 0 Å². The highest BCUT2D eigenvalue weighted by atomic mass is 19.1. The molecule has 1 aliphatic heterocycles. The first-order valence-corrected chi connectivity index (χ1v) is 8.08. The van der Waals surface area contributed by atoms with Crippen LogP contribution in [0.1, 0.15) is 40.4 Å². The Kier molecular flexibility index (Phi) is 4.97. The zero-order valence-corrected chi connectivity index (χ0v) is 13.5. The van der Waals surface area contributed by atoms with Gasteiger partial charge in [-0.3, -0.25) is 4.79 Å². The van der Waals surface area contributed by atoms with Crippen LogP contribution in [0.15, 0.2) is 42.5 Å². The number of carbonyl (C=O) groups is 2. The lowest BCUT2D eigenvalue weighted by Crippen LogP contribution is -2.32. The number of aryl methyl sites for hydroxylation is 1. The Bertz CT molecular complexity index is 806. The van der Waals surface area contributed by atoms with Crippen molar-refractivity contribution in [2.24, 2.45) is 0 Å². The summed E-state index contributed by atoms with van der Waals surface area (Å²) in [5.41, 5.74) is 1.45. The van der Waals surface area contributed by atoms with E-state index in [0.717, 1.165) is 0 Å². The lowest BCUT2D eigenvalue weighted by molar-refractivity contribution is -0.122. The largest absolute Gasteiger partial charge is 0.490 e. The second-order valence-electron chi connectivity index (χ2n) is 5.88. The van der Waals surface area contributed by atoms with E-state index < -0.39 is 11.8 Å². The fourth-order valence-electron chi connectivity index (χ4n) is 3.00. The number of rotatable bonds is 5. The second-order valence-corrected chi connectivity index (χ2v) is 5.88. The number of fused-ring (bicyclic) bond motifs is 1. The predicted molar refractivity (Wildman–Crippen MR) is 89.1 cm³/mol. The maximum atomic E-state index is 13.8. The maximum absolute atomic E-state index is 13.8. The minimum absolute atomic E-state index is 0.159. The zero-order valence-electron chi connectivity index (χ0n) is 13.5. The summed E-state index contributed by atoms with van der Waals surface area (Å²) in [5, 5.41) is 12.1. The van der Waals surface area contributed by atoms with Crippen LogP contribution >= 0.6 is 0 Å². The minimum Gasteiger partial charge on any atom is -0.490 e. The summed E-state index contributed by atoms with van der Waals surface area (Å²) in [6.07, 6.45) is 1.05. The molecular formula is C19H18FNO4. The lowest BCUT2D eigenvalue weighted by atomic mass is 9.99. The number of benzene rings is 2. The number of aromatic carboxylic acids is 1. The Morgan fingerprint density at radius 1 is 1.20 bits per heavy atom. The summed E-state index contributed by atoms with van der Waals surface area (Å²) >= 11 is 0. The van der Waals surface area contributed by atoms with E-state index >= 15 is 0 Å². The van der Waals surface area contributed by atoms with Gasteiger partial charge in [0, 0.05) is 18.4 Å². The third-order valence-electron chi connectivity index (χ3n) is 4.23. The van der Waals surface area contributed by atoms with Crippen molar-refractivity contribution in [2.45, 2.75) is 25.3 Å². The number of hydrogen-bond donors (Lipinski definition) is 2. The molecule has 0 saturated carbocycles. The number of para-hydroxylation sites is 1. The third-order valence-corrected chi connectivity index (χ3v) is 4.23. The molecule has 25 heavy (non-hydrogen) atoms. The van der Waals surface area contributed by atoms with Gasteiger partial charge in [-0.1, -0.05) is 30.3 Å². The van der Waals surface area contributed by atoms with Gasteiger partial charge < -0.3 is 15.2 Å². The van der Waals surface area contributed by atoms with E-state index in [2.05, 4.69) is 5.32 Å². The van der Waals surface area contributed by atoms with Gasteiger partial charge in [-0.25, -0.2) is 9.18 Å². The quantitative estimate of drug-likeness (QED) is 0.875. The van der Waals surface area contributed by atoms with Crippen molar-refractivity contribution in [3.63, 3.8) is 0 Å². The molecule has 2 aromatic carbocycles. The molecule has 0 unspecified atom stereocenters. The van der Waals surface area contributed by atoms with E-state index in [1.165, 1.54) is 12.1 Å². The van der Waals surface area contributed by atoms with Gasteiger partial charge >= 0.3 is 5.97 Å². The fraction of sp³-hybridized carbons (Fsp3) is 0.263. The van der Waals surface area contributed by atoms with Crippen LogP contribution in [0.4, 0.5) is 4.39 Å². The maximum Gasteiger partial charge on any atom is 0.335 e. The van der Waals surface area contributed by atoms with Crippen LogP contribution < -0.4 is 10.1 Å². The van der Waals surface area contributed by atoms with Crippen molar-refractivity contribution < 1.29 is 23.8 Å². The predicted octanol–water partition coefficient (Wildman–Crippen LogP) is 3.10. The Morgan fingerprint density at radius 2 is 2.00 bits per heavy atom. The molecule has 0 aromatic heterocycles. The van der Waals surface area contributed by atoms with E-state index in [-0.39, 0.29) is 29.7 Å². The van der Waals surface area contributed by atoms with Crippen molar-refractivity contribution in [2.75, 3.05) is 6.61 Å². The topological polar surface area (TPSA) is 75.6 Å². The number of amides is 1. The first-order valence-electron chi connectivity index (χ1n) is 8.08. The van der Waals surface area contributed by atoms with Crippen molar-refractivity contribution in [3.8, 4) is 5.75 Å². The van der Waals surface area contributed by atoms with Gasteiger partial charge in [0.15, 0.2) is 11.6 Å². The molecule has 1 aliphatic rings. The summed E-state index contributed by atoms with van der Waals surface area (Å²) in [6, 6.07) is 11.0. The van der Waals surface area contributed by atoms with Crippen LogP contribution in [-0.2, 0) is 11.2 Å². The van der Waals surface area contributed by atoms with Gasteiger partial charge in [-0.2, -0.15) is 0 Å². The average Bonchev–Trinajstić information content (AvgIpc) is 2.61. The normalized spacial score (nSPS) is 15.8. The molecule has 0 spiro atoms. The Morgan fingerprint density at radius 3 is 2.80 bits per heavy atom. The average molecular weight is 343 g/mol. The highest BCUT2D eigenvalue weighted by Gasteiger charge is 2.25. The highest BCUT2D eigenvalue weighted by molar-refractivity contribution is 5.89. The van der Waals surface area contributed by atoms with E-state index in [9.17, 15) is 19.1 Å². The summed E-state index contributed by atoms with van der Waals surface area (Å²) in [7, 11) is 0. The molecule has 1 atom stereocenters. The number of ether oxygens (including phenoxy) is 1. The smallest absolute Gasteiger partial charge is 0.335 e. The first kappa shape index (κ1) is 17.0. The number of carboxylic acids is 1. The molecule has 130 valence electrons. The highest BCUT2D eigenvalue weighted by Crippen LogP contribution is 2.34. The van der Waals surface area contributed by atoms with Gasteiger partial charge in [-0.15, -0.1) is 0 Å². The molecule has 0 fully saturated rings. The fourth-order valence-corrected chi connectivity index (χ4v) is 3.00. The molecule has 2 aromatic rings. The van der Waals surface area contributed by atoms with Gasteiger partial charge in [-0.05, 0) is 24.1 Å². The lowest BCUT2D eigenvalue weighted by Gasteiger charge is -2.27. The Balaban J connectivity index is 1.65. The van der Waals surface area contributed by atoms with Crippen LogP contribution in [0.3, 0.4) is 0 Å². The van der Waals surface area contributed by atoms with Crippen LogP contribution in [0, 0.1) is 5.82 Å². The number of carboxylic acid groups (broad SMARTS) is 1. The molecule has 0 saturated heterocycles. The number of nitrogens with one attached hydrogen (secondary N) is 1. The molecular weight excluding hydrogens is 325 g/mol. The Hall–Kier alpha value is -2.89. The minimum atomic E-state index is -1.01. The SMILES string of the molecule is O=C(CCc1ccccc1C(=O)O)N[C@H]1CCOc2c(F)cccc21. The molecule has 5 nitrogen and oxygen atoms in total. The molecule has 1 heterocycles. The Labute approximate surface area is 144 Å². The van der Waals surface area contributed by atoms with E-state index in [0.29, 0.717) is 30.6 Å². The van der Waals surface area contributed by atoms with Crippen LogP contribution in [-0.4, -0.2) is 23.6 Å². The van der Waals surface area contributed by atoms with Crippen LogP contribution in [0.5, 0.6) is 5.75 Å².